The Balaban J connectivity index is 0.000000913. The number of hydrogen-bond donors (Lipinski definition) is 2. The zero-order valence-corrected chi connectivity index (χ0v) is 17.8. The van der Waals surface area contributed by atoms with Crippen molar-refractivity contribution in [2.75, 3.05) is 20.2 Å². The summed E-state index contributed by atoms with van der Waals surface area (Å²) in [7, 11) is 1.53. The molecule has 12 heteroatoms. The van der Waals surface area contributed by atoms with Crippen molar-refractivity contribution in [2.24, 2.45) is 5.92 Å². The molecule has 1 saturated heterocycles. The summed E-state index contributed by atoms with van der Waals surface area (Å²) < 4.78 is 11.6. The Morgan fingerprint density at radius 2 is 2.12 bits per heavy atom. The van der Waals surface area contributed by atoms with Crippen LogP contribution in [-0.4, -0.2) is 63.2 Å². The van der Waals surface area contributed by atoms with Crippen molar-refractivity contribution < 1.29 is 28.8 Å². The molecule has 0 unspecified atom stereocenters. The Bertz CT molecular complexity index is 1030. The van der Waals surface area contributed by atoms with Gasteiger partial charge in [-0.25, -0.2) is 0 Å². The number of methoxy groups -OCH3 is 1. The number of ether oxygens (including phenoxy) is 1. The van der Waals surface area contributed by atoms with Crippen LogP contribution < -0.4 is 10.9 Å². The normalized spacial score (nSPS) is 21.1. The van der Waals surface area contributed by atoms with Gasteiger partial charge in [0.05, 0.1) is 6.54 Å². The second-order valence-electron chi connectivity index (χ2n) is 7.58. The van der Waals surface area contributed by atoms with E-state index in [2.05, 4.69) is 15.5 Å². The predicted molar refractivity (Wildman–Crippen MR) is 108 cm³/mol. The van der Waals surface area contributed by atoms with Crippen molar-refractivity contribution in [3.8, 4) is 0 Å². The fourth-order valence-electron chi connectivity index (χ4n) is 4.34. The van der Waals surface area contributed by atoms with E-state index < -0.39 is 6.04 Å². The Hall–Kier alpha value is -3.54. The van der Waals surface area contributed by atoms with Crippen LogP contribution in [0.3, 0.4) is 0 Å². The standard InChI is InChI=1S/C19H23N5O5.CH2O2/c1-11(25)23-8-12-6-13(9-23)18(24-14(12)4-3-5-17(24)26)19(27)20-7-16-21-15(10-28-2)22-29-16;2-1-3/h3-5,12-13,18H,6-10H2,1-2H3,(H,20,27);1H,(H,2,3)/t12-,13+,18-;/m1./s1. The molecular formula is C20H25N5O7. The fourth-order valence-corrected chi connectivity index (χ4v) is 4.34. The zero-order chi connectivity index (χ0) is 23.3. The minimum Gasteiger partial charge on any atom is -0.483 e. The van der Waals surface area contributed by atoms with Gasteiger partial charge < -0.3 is 24.6 Å². The van der Waals surface area contributed by atoms with E-state index >= 15 is 0 Å². The van der Waals surface area contributed by atoms with Crippen molar-refractivity contribution in [3.05, 3.63) is 46.0 Å². The lowest BCUT2D eigenvalue weighted by Gasteiger charge is -2.46. The molecule has 2 aliphatic heterocycles. The highest BCUT2D eigenvalue weighted by atomic mass is 16.5. The molecule has 3 atom stereocenters. The molecular weight excluding hydrogens is 422 g/mol. The number of hydrogen-bond acceptors (Lipinski definition) is 8. The average Bonchev–Trinajstić information content (AvgIpc) is 3.21. The lowest BCUT2D eigenvalue weighted by molar-refractivity contribution is -0.135. The molecule has 172 valence electrons. The van der Waals surface area contributed by atoms with Gasteiger partial charge in [-0.15, -0.1) is 0 Å². The Labute approximate surface area is 183 Å². The van der Waals surface area contributed by atoms with Gasteiger partial charge in [0.2, 0.25) is 17.7 Å². The molecule has 2 N–H and O–H groups in total. The number of carbonyl (C=O) groups is 3. The first-order valence-electron chi connectivity index (χ1n) is 10.0. The van der Waals surface area contributed by atoms with Gasteiger partial charge in [0.1, 0.15) is 12.6 Å². The third-order valence-electron chi connectivity index (χ3n) is 5.56. The average molecular weight is 447 g/mol. The molecule has 0 spiro atoms. The zero-order valence-electron chi connectivity index (χ0n) is 17.8. The molecule has 0 aromatic carbocycles. The van der Waals surface area contributed by atoms with Crippen LogP contribution in [0.2, 0.25) is 0 Å². The smallest absolute Gasteiger partial charge is 0.290 e. The van der Waals surface area contributed by atoms with Crippen molar-refractivity contribution >= 4 is 18.3 Å². The summed E-state index contributed by atoms with van der Waals surface area (Å²) in [4.78, 5) is 52.0. The van der Waals surface area contributed by atoms with E-state index in [1.165, 1.54) is 20.1 Å². The number of nitrogens with zero attached hydrogens (tertiary/aromatic N) is 4. The number of pyridine rings is 1. The molecule has 12 nitrogen and oxygen atoms in total. The van der Waals surface area contributed by atoms with Gasteiger partial charge in [0.25, 0.3) is 12.0 Å². The summed E-state index contributed by atoms with van der Waals surface area (Å²) in [6, 6.07) is 4.33. The third kappa shape index (κ3) is 4.85. The highest BCUT2D eigenvalue weighted by Crippen LogP contribution is 2.41. The van der Waals surface area contributed by atoms with E-state index in [9.17, 15) is 14.4 Å². The van der Waals surface area contributed by atoms with Crippen LogP contribution >= 0.6 is 0 Å². The number of carboxylic acid groups (broad SMARTS) is 1. The molecule has 0 aliphatic carbocycles. The van der Waals surface area contributed by atoms with E-state index in [4.69, 9.17) is 19.2 Å². The molecule has 2 aromatic heterocycles. The van der Waals surface area contributed by atoms with Gasteiger partial charge >= 0.3 is 0 Å². The topological polar surface area (TPSA) is 157 Å². The second kappa shape index (κ2) is 10.2. The molecule has 4 rings (SSSR count). The molecule has 0 radical (unpaired) electrons. The highest BCUT2D eigenvalue weighted by molar-refractivity contribution is 5.81. The maximum absolute atomic E-state index is 13.1. The van der Waals surface area contributed by atoms with Gasteiger partial charge in [-0.3, -0.25) is 23.7 Å². The minimum atomic E-state index is -0.696. The van der Waals surface area contributed by atoms with Crippen molar-refractivity contribution in [1.82, 2.24) is 24.9 Å². The summed E-state index contributed by atoms with van der Waals surface area (Å²) >= 11 is 0. The quantitative estimate of drug-likeness (QED) is 0.597. The van der Waals surface area contributed by atoms with E-state index in [-0.39, 0.29) is 54.7 Å². The number of carbonyl (C=O) groups excluding carboxylic acids is 2. The molecule has 32 heavy (non-hydrogen) atoms. The van der Waals surface area contributed by atoms with Gasteiger partial charge in [0.15, 0.2) is 5.82 Å². The third-order valence-corrected chi connectivity index (χ3v) is 5.56. The lowest BCUT2D eigenvalue weighted by Crippen LogP contribution is -2.54. The van der Waals surface area contributed by atoms with Crippen LogP contribution in [0.1, 0.15) is 42.7 Å². The first-order valence-corrected chi connectivity index (χ1v) is 10.0. The summed E-state index contributed by atoms with van der Waals surface area (Å²) in [6.45, 7) is 2.56. The lowest BCUT2D eigenvalue weighted by atomic mass is 9.78. The largest absolute Gasteiger partial charge is 0.483 e. The van der Waals surface area contributed by atoms with Gasteiger partial charge in [-0.05, 0) is 12.5 Å². The summed E-state index contributed by atoms with van der Waals surface area (Å²) in [5.74, 6) is 0.221. The van der Waals surface area contributed by atoms with E-state index in [0.717, 1.165) is 12.1 Å². The second-order valence-corrected chi connectivity index (χ2v) is 7.58. The van der Waals surface area contributed by atoms with Crippen LogP contribution in [0.15, 0.2) is 27.5 Å². The molecule has 2 aromatic rings. The van der Waals surface area contributed by atoms with Crippen LogP contribution in [0.5, 0.6) is 0 Å². The van der Waals surface area contributed by atoms with Gasteiger partial charge in [-0.1, -0.05) is 11.2 Å². The first-order chi connectivity index (χ1) is 15.4. The van der Waals surface area contributed by atoms with E-state index in [0.29, 0.717) is 18.9 Å². The van der Waals surface area contributed by atoms with Crippen LogP contribution in [0.25, 0.3) is 0 Å². The van der Waals surface area contributed by atoms with E-state index in [1.54, 1.807) is 15.5 Å². The molecule has 2 bridgehead atoms. The molecule has 2 aliphatic rings. The Morgan fingerprint density at radius 1 is 1.38 bits per heavy atom. The fraction of sp³-hybridized carbons (Fsp3) is 0.500. The summed E-state index contributed by atoms with van der Waals surface area (Å²) in [5.41, 5.74) is 0.578. The number of rotatable bonds is 5. The van der Waals surface area contributed by atoms with Crippen molar-refractivity contribution in [1.29, 1.82) is 0 Å². The SMILES string of the molecule is COCc1noc(CNC(=O)[C@H]2[C@H]3C[C@H](CN(C(C)=O)C3)c3cccc(=O)n32)n1.O=CO. The molecule has 2 amide bonds. The molecule has 0 saturated carbocycles. The summed E-state index contributed by atoms with van der Waals surface area (Å²) in [6.07, 6.45) is 0.754. The molecule has 4 heterocycles. The number of piperidine rings is 1. The Kier molecular flexibility index (Phi) is 7.36. The number of nitrogens with one attached hydrogen (secondary N) is 1. The van der Waals surface area contributed by atoms with Crippen molar-refractivity contribution in [2.45, 2.75) is 38.5 Å². The molecule has 1 fully saturated rings. The summed E-state index contributed by atoms with van der Waals surface area (Å²) in [5, 5.41) is 13.5. The van der Waals surface area contributed by atoms with Crippen LogP contribution in [0.4, 0.5) is 0 Å². The maximum Gasteiger partial charge on any atom is 0.290 e. The predicted octanol–water partition coefficient (Wildman–Crippen LogP) is -0.0984. The monoisotopic (exact) mass is 447 g/mol. The van der Waals surface area contributed by atoms with Crippen molar-refractivity contribution in [3.63, 3.8) is 0 Å². The van der Waals surface area contributed by atoms with Crippen LogP contribution in [0, 0.1) is 5.92 Å². The minimum absolute atomic E-state index is 0.0258. The maximum atomic E-state index is 13.1. The first kappa shape index (κ1) is 23.1. The highest BCUT2D eigenvalue weighted by Gasteiger charge is 2.44. The van der Waals surface area contributed by atoms with Gasteiger partial charge in [-0.2, -0.15) is 4.98 Å². The van der Waals surface area contributed by atoms with E-state index in [1.807, 2.05) is 6.07 Å². The number of amides is 2. The number of aromatic nitrogens is 3. The van der Waals surface area contributed by atoms with Gasteiger partial charge in [0, 0.05) is 50.7 Å². The number of likely N-dealkylation sites (tertiary alicyclic amines) is 1. The Morgan fingerprint density at radius 3 is 2.81 bits per heavy atom. The number of fused-ring (bicyclic) bond motifs is 4. The van der Waals surface area contributed by atoms with Crippen LogP contribution in [-0.2, 0) is 32.3 Å².